The summed E-state index contributed by atoms with van der Waals surface area (Å²) >= 11 is 0. The average Bonchev–Trinajstić information content (AvgIpc) is 3.24. The smallest absolute Gasteiger partial charge is 0.490 e. The third-order valence-electron chi connectivity index (χ3n) is 8.90. The lowest BCUT2D eigenvalue weighted by molar-refractivity contribution is 0.00578. The molecule has 270 valence electrons. The molecule has 1 atom stereocenters. The Morgan fingerprint density at radius 1 is 0.824 bits per heavy atom. The van der Waals surface area contributed by atoms with Crippen molar-refractivity contribution in [3.05, 3.63) is 89.9 Å². The summed E-state index contributed by atoms with van der Waals surface area (Å²) in [7, 11) is -0.708. The summed E-state index contributed by atoms with van der Waals surface area (Å²) in [5.74, 6) is -2.71. The van der Waals surface area contributed by atoms with Gasteiger partial charge in [-0.1, -0.05) is 13.8 Å². The molecular weight excluding hydrogens is 673 g/mol. The number of hydrogen-bond acceptors (Lipinski definition) is 7. The Bertz CT molecular complexity index is 2050. The predicted octanol–water partition coefficient (Wildman–Crippen LogP) is 8.47. The number of benzene rings is 2. The number of ether oxygens (including phenoxy) is 1. The van der Waals surface area contributed by atoms with Crippen LogP contribution in [0.4, 0.5) is 26.3 Å². The van der Waals surface area contributed by atoms with E-state index in [4.69, 9.17) is 19.8 Å². The molecule has 0 amide bonds. The van der Waals surface area contributed by atoms with Gasteiger partial charge in [0.05, 0.1) is 39.7 Å². The molecule has 51 heavy (non-hydrogen) atoms. The van der Waals surface area contributed by atoms with Crippen LogP contribution in [0.15, 0.2) is 61.1 Å². The molecule has 5 aromatic rings. The molecule has 0 spiro atoms. The molecule has 1 fully saturated rings. The van der Waals surface area contributed by atoms with Crippen molar-refractivity contribution in [2.24, 2.45) is 11.7 Å². The van der Waals surface area contributed by atoms with Gasteiger partial charge in [-0.15, -0.1) is 0 Å². The molecule has 2 N–H and O–H groups in total. The Morgan fingerprint density at radius 2 is 1.37 bits per heavy atom. The van der Waals surface area contributed by atoms with Crippen LogP contribution in [0.5, 0.6) is 5.75 Å². The molecule has 14 heteroatoms. The summed E-state index contributed by atoms with van der Waals surface area (Å²) in [6.07, 6.45) is 1.83. The van der Waals surface area contributed by atoms with Crippen molar-refractivity contribution in [2.45, 2.75) is 78.1 Å². The summed E-state index contributed by atoms with van der Waals surface area (Å²) in [6, 6.07) is 8.08. The fourth-order valence-electron chi connectivity index (χ4n) is 5.94. The molecular formula is C37H39BF6N4O3. The molecule has 1 aliphatic heterocycles. The van der Waals surface area contributed by atoms with Crippen LogP contribution < -0.4 is 15.9 Å². The number of halogens is 6. The number of pyridine rings is 3. The molecule has 0 unspecified atom stereocenters. The van der Waals surface area contributed by atoms with Crippen LogP contribution >= 0.6 is 0 Å². The SMILES string of the molecule is CC(C)C[C@](C)(N)COc1cnc(-c2ccnc3cc(F)cc(F)c23)cc1C(F)F.CC1(C)OB(c2ccnc3cc(F)cc(F)c23)OC1(C)C. The first-order chi connectivity index (χ1) is 23.8. The van der Waals surface area contributed by atoms with Crippen LogP contribution in [0.2, 0.25) is 0 Å². The third-order valence-corrected chi connectivity index (χ3v) is 8.90. The lowest BCUT2D eigenvalue weighted by Gasteiger charge is -2.32. The van der Waals surface area contributed by atoms with Crippen LogP contribution in [-0.2, 0) is 9.31 Å². The second kappa shape index (κ2) is 14.4. The molecule has 3 aromatic heterocycles. The Hall–Kier alpha value is -4.27. The lowest BCUT2D eigenvalue weighted by atomic mass is 9.77. The fourth-order valence-corrected chi connectivity index (χ4v) is 5.94. The normalized spacial score (nSPS) is 16.4. The molecule has 2 aromatic carbocycles. The highest BCUT2D eigenvalue weighted by atomic mass is 19.3. The van der Waals surface area contributed by atoms with Gasteiger partial charge in [0.2, 0.25) is 0 Å². The number of nitrogens with two attached hydrogens (primary N) is 1. The zero-order chi connectivity index (χ0) is 37.5. The topological polar surface area (TPSA) is 92.4 Å². The van der Waals surface area contributed by atoms with Gasteiger partial charge in [-0.3, -0.25) is 15.0 Å². The highest BCUT2D eigenvalue weighted by Crippen LogP contribution is 2.38. The fraction of sp³-hybridized carbons (Fsp3) is 0.378. The van der Waals surface area contributed by atoms with E-state index < -0.39 is 53.6 Å². The number of aromatic nitrogens is 3. The van der Waals surface area contributed by atoms with Crippen LogP contribution in [0.25, 0.3) is 33.1 Å². The maximum absolute atomic E-state index is 14.4. The van der Waals surface area contributed by atoms with E-state index in [1.807, 2.05) is 41.5 Å². The molecule has 0 radical (unpaired) electrons. The van der Waals surface area contributed by atoms with Crippen LogP contribution in [0.1, 0.15) is 66.9 Å². The van der Waals surface area contributed by atoms with E-state index in [1.165, 1.54) is 30.7 Å². The monoisotopic (exact) mass is 712 g/mol. The van der Waals surface area contributed by atoms with E-state index in [9.17, 15) is 26.3 Å². The van der Waals surface area contributed by atoms with Crippen LogP contribution in [-0.4, -0.2) is 45.4 Å². The molecule has 1 saturated heterocycles. The maximum atomic E-state index is 14.4. The largest absolute Gasteiger partial charge is 0.495 e. The Labute approximate surface area is 292 Å². The van der Waals surface area contributed by atoms with Gasteiger partial charge in [0, 0.05) is 58.5 Å². The Kier molecular flexibility index (Phi) is 10.7. The van der Waals surface area contributed by atoms with Gasteiger partial charge in [0.1, 0.15) is 35.6 Å². The minimum absolute atomic E-state index is 0.00625. The summed E-state index contributed by atoms with van der Waals surface area (Å²) < 4.78 is 100. The van der Waals surface area contributed by atoms with Crippen molar-refractivity contribution < 1.29 is 40.4 Å². The van der Waals surface area contributed by atoms with Gasteiger partial charge in [-0.25, -0.2) is 26.3 Å². The minimum atomic E-state index is -2.84. The van der Waals surface area contributed by atoms with Gasteiger partial charge >= 0.3 is 7.12 Å². The summed E-state index contributed by atoms with van der Waals surface area (Å²) in [4.78, 5) is 12.1. The van der Waals surface area contributed by atoms with Crippen LogP contribution in [0, 0.1) is 29.2 Å². The van der Waals surface area contributed by atoms with Crippen molar-refractivity contribution >= 4 is 34.4 Å². The molecule has 4 heterocycles. The lowest BCUT2D eigenvalue weighted by Crippen LogP contribution is -2.43. The Morgan fingerprint density at radius 3 is 1.94 bits per heavy atom. The second-order valence-electron chi connectivity index (χ2n) is 14.4. The zero-order valence-corrected chi connectivity index (χ0v) is 29.3. The van der Waals surface area contributed by atoms with E-state index in [1.54, 1.807) is 13.0 Å². The number of alkyl halides is 2. The minimum Gasteiger partial charge on any atom is -0.490 e. The Balaban J connectivity index is 0.000000210. The summed E-state index contributed by atoms with van der Waals surface area (Å²) in [6.45, 7) is 13.5. The van der Waals surface area contributed by atoms with Crippen molar-refractivity contribution in [1.29, 1.82) is 0 Å². The third kappa shape index (κ3) is 8.29. The van der Waals surface area contributed by atoms with Crippen molar-refractivity contribution in [1.82, 2.24) is 15.0 Å². The molecule has 0 bridgehead atoms. The average molecular weight is 713 g/mol. The number of rotatable bonds is 8. The highest BCUT2D eigenvalue weighted by Gasteiger charge is 2.52. The van der Waals surface area contributed by atoms with Crippen LogP contribution in [0.3, 0.4) is 0 Å². The highest BCUT2D eigenvalue weighted by molar-refractivity contribution is 6.65. The second-order valence-corrected chi connectivity index (χ2v) is 14.4. The van der Waals surface area contributed by atoms with E-state index in [0.29, 0.717) is 17.8 Å². The van der Waals surface area contributed by atoms with Gasteiger partial charge in [0.25, 0.3) is 6.43 Å². The van der Waals surface area contributed by atoms with E-state index in [-0.39, 0.29) is 51.0 Å². The number of nitrogens with zero attached hydrogens (tertiary/aromatic N) is 3. The molecule has 6 rings (SSSR count). The molecule has 7 nitrogen and oxygen atoms in total. The molecule has 0 saturated carbocycles. The summed E-state index contributed by atoms with van der Waals surface area (Å²) in [5, 5.41) is 0.240. The van der Waals surface area contributed by atoms with Gasteiger partial charge < -0.3 is 19.8 Å². The van der Waals surface area contributed by atoms with Crippen molar-refractivity contribution in [3.8, 4) is 17.0 Å². The van der Waals surface area contributed by atoms with E-state index in [0.717, 1.165) is 24.3 Å². The first kappa shape index (κ1) is 38.0. The zero-order valence-electron chi connectivity index (χ0n) is 29.3. The first-order valence-corrected chi connectivity index (χ1v) is 16.3. The molecule has 0 aliphatic carbocycles. The van der Waals surface area contributed by atoms with Crippen molar-refractivity contribution in [3.63, 3.8) is 0 Å². The van der Waals surface area contributed by atoms with E-state index in [2.05, 4.69) is 15.0 Å². The van der Waals surface area contributed by atoms with Gasteiger partial charge in [-0.05, 0) is 70.6 Å². The van der Waals surface area contributed by atoms with Gasteiger partial charge in [0.15, 0.2) is 0 Å². The predicted molar refractivity (Wildman–Crippen MR) is 185 cm³/mol. The number of hydrogen-bond donors (Lipinski definition) is 1. The maximum Gasteiger partial charge on any atom is 0.495 e. The summed E-state index contributed by atoms with van der Waals surface area (Å²) in [5.41, 5.74) is 5.25. The van der Waals surface area contributed by atoms with E-state index >= 15 is 0 Å². The van der Waals surface area contributed by atoms with Gasteiger partial charge in [-0.2, -0.15) is 0 Å². The quantitative estimate of drug-likeness (QED) is 0.128. The van der Waals surface area contributed by atoms with Crippen molar-refractivity contribution in [2.75, 3.05) is 6.61 Å². The molecule has 1 aliphatic rings. The standard InChI is InChI=1S/C22H23F4N3O.C15H16BF2NO2/c1-12(2)9-22(3,27)11-30-19-10-29-17(8-15(19)21(25)26)14-4-5-28-18-7-13(23)6-16(24)20(14)18;1-14(2)15(3,4)21-16(20-14)10-5-6-19-12-8-9(17)7-11(18)13(10)12/h4-8,10,12,21H,9,11,27H2,1-3H3;5-8H,1-4H3/t22-;/m0./s1. The number of fused-ring (bicyclic) bond motifs is 2. The first-order valence-electron chi connectivity index (χ1n) is 16.3.